The molecule has 0 saturated heterocycles. The van der Waals surface area contributed by atoms with Gasteiger partial charge in [-0.2, -0.15) is 26.3 Å². The van der Waals surface area contributed by atoms with E-state index < -0.39 is 23.5 Å². The molecular weight excluding hydrogens is 1080 g/mol. The van der Waals surface area contributed by atoms with Crippen LogP contribution in [0.15, 0.2) is 179 Å². The number of unbranched alkanes of at least 4 members (excludes halogenated alkanes) is 6. The molecule has 0 saturated carbocycles. The molecule has 0 radical (unpaired) electrons. The number of benzene rings is 7. The highest BCUT2D eigenvalue weighted by molar-refractivity contribution is 6.17. The maximum Gasteiger partial charge on any atom is 0.416 e. The number of aryl methyl sites for hydroxylation is 8. The third kappa shape index (κ3) is 12.2. The van der Waals surface area contributed by atoms with Crippen LogP contribution < -0.4 is 0 Å². The average Bonchev–Trinajstić information content (AvgIpc) is 1.62. The average molecular weight is 1160 g/mol. The van der Waals surface area contributed by atoms with Gasteiger partial charge in [0.25, 0.3) is 0 Å². The topological polar surface area (TPSA) is 56.3 Å². The summed E-state index contributed by atoms with van der Waals surface area (Å²) in [5.41, 5.74) is 20.9. The quantitative estimate of drug-likeness (QED) is 0.0636. The molecule has 9 aromatic rings. The van der Waals surface area contributed by atoms with E-state index >= 15 is 0 Å². The van der Waals surface area contributed by atoms with Crippen molar-refractivity contribution in [3.05, 3.63) is 258 Å². The number of aliphatic imine (C=N–C) groups is 2. The molecule has 0 bridgehead atoms. The lowest BCUT2D eigenvalue weighted by Crippen LogP contribution is -2.05. The largest absolute Gasteiger partial charge is 0.416 e. The van der Waals surface area contributed by atoms with Gasteiger partial charge in [-0.3, -0.25) is 0 Å². The van der Waals surface area contributed by atoms with Gasteiger partial charge in [0.1, 0.15) is 0 Å². The van der Waals surface area contributed by atoms with E-state index in [4.69, 9.17) is 9.98 Å². The van der Waals surface area contributed by atoms with E-state index in [9.17, 15) is 26.3 Å². The first-order valence-corrected chi connectivity index (χ1v) is 30.2. The van der Waals surface area contributed by atoms with E-state index in [-0.39, 0.29) is 0 Å². The molecule has 0 atom stereocenters. The fraction of sp³-hybridized carbons (Fsp3) is 0.263. The summed E-state index contributed by atoms with van der Waals surface area (Å²) in [4.78, 5) is 18.4. The first-order chi connectivity index (χ1) is 41.3. The fourth-order valence-corrected chi connectivity index (χ4v) is 13.0. The van der Waals surface area contributed by atoms with Crippen LogP contribution in [0.5, 0.6) is 0 Å². The number of halogens is 6. The summed E-state index contributed by atoms with van der Waals surface area (Å²) in [5.74, 6) is 0. The molecule has 2 aliphatic heterocycles. The molecule has 10 heteroatoms. The molecule has 2 N–H and O–H groups in total. The number of nitrogens with zero attached hydrogens (tertiary/aromatic N) is 2. The smallest absolute Gasteiger partial charge is 0.354 e. The molecule has 2 aromatic heterocycles. The molecule has 7 aromatic carbocycles. The zero-order chi connectivity index (χ0) is 60.6. The Morgan fingerprint density at radius 2 is 0.756 bits per heavy atom. The maximum absolute atomic E-state index is 14.4. The van der Waals surface area contributed by atoms with E-state index in [0.717, 1.165) is 176 Å². The van der Waals surface area contributed by atoms with E-state index in [0.29, 0.717) is 45.1 Å². The van der Waals surface area contributed by atoms with Crippen LogP contribution in [0.2, 0.25) is 0 Å². The molecule has 0 unspecified atom stereocenters. The summed E-state index contributed by atoms with van der Waals surface area (Å²) in [6.45, 7) is 16.8. The van der Waals surface area contributed by atoms with Gasteiger partial charge >= 0.3 is 12.4 Å². The molecule has 0 amide bonds. The number of fused-ring (bicyclic) bond motifs is 2. The Hall–Kier alpha value is -8.50. The van der Waals surface area contributed by atoms with Crippen molar-refractivity contribution >= 4 is 44.4 Å². The van der Waals surface area contributed by atoms with E-state index in [1.165, 1.54) is 48.2 Å². The molecule has 11 rings (SSSR count). The number of H-pyrrole nitrogens is 2. The summed E-state index contributed by atoms with van der Waals surface area (Å²) < 4.78 is 86.2. The van der Waals surface area contributed by atoms with Gasteiger partial charge in [0.05, 0.1) is 45.3 Å². The molecular formula is C76H72F6N4. The monoisotopic (exact) mass is 1150 g/mol. The normalized spacial score (nSPS) is 14.7. The number of nitrogens with one attached hydrogen (secondary N) is 2. The third-order valence-corrected chi connectivity index (χ3v) is 17.0. The number of aromatic nitrogens is 2. The standard InChI is InChI=1S/C76H72F6N4/c1-9-11-13-15-17-51-19-23-53(24-20-51)69-59-43-60-66(44-65(59)85-73(69)71(55-27-31-57(32-28-55)75(77,78)79)63-37-35-61(83-63)67-47(5)39-45(3)40-48(67)6)86-74(70(60)54-25-21-52(22-26-54)18-16-14-12-10-2)72(56-29-33-58(34-30-56)76(80,81)82)64-38-36-62(84-64)68-49(7)41-46(4)42-50(68)8/h19-44,85-86H,9-18H2,1-8H3/b71-63-,72-64-. The fourth-order valence-electron chi connectivity index (χ4n) is 13.0. The van der Waals surface area contributed by atoms with E-state index in [2.05, 4.69) is 150 Å². The van der Waals surface area contributed by atoms with Gasteiger partial charge in [0.2, 0.25) is 0 Å². The summed E-state index contributed by atoms with van der Waals surface area (Å²) in [7, 11) is 0. The maximum atomic E-state index is 14.4. The van der Waals surface area contributed by atoms with Gasteiger partial charge in [-0.05, 0) is 184 Å². The van der Waals surface area contributed by atoms with Crippen LogP contribution in [0.4, 0.5) is 26.3 Å². The van der Waals surface area contributed by atoms with Crippen molar-refractivity contribution in [1.29, 1.82) is 0 Å². The Morgan fingerprint density at radius 1 is 0.395 bits per heavy atom. The molecule has 438 valence electrons. The summed E-state index contributed by atoms with van der Waals surface area (Å²) in [6, 6.07) is 40.8. The second kappa shape index (κ2) is 24.5. The lowest BCUT2D eigenvalue weighted by Gasteiger charge is -2.15. The van der Waals surface area contributed by atoms with Crippen molar-refractivity contribution in [2.75, 3.05) is 0 Å². The minimum absolute atomic E-state index is 0.553. The number of rotatable bonds is 18. The SMILES string of the molecule is CCCCCCc1ccc(-c2c(/C(=C3/C=CC(c4c(C)cc(C)cc4C)=N3)c3ccc(C(F)(F)F)cc3)[nH]c3cc4[nH]c(/C(=C5/C=CC(c6c(C)cc(C)cc6C)=N5)c5ccc(C(F)(F)F)cc5)c(-c5ccc(CCCCCC)cc5)c4cc23)cc1. The van der Waals surface area contributed by atoms with Gasteiger partial charge in [0.15, 0.2) is 0 Å². The molecule has 4 nitrogen and oxygen atoms in total. The Labute approximate surface area is 501 Å². The summed E-state index contributed by atoms with van der Waals surface area (Å²) >= 11 is 0. The van der Waals surface area contributed by atoms with Crippen molar-refractivity contribution in [3.8, 4) is 22.3 Å². The predicted molar refractivity (Wildman–Crippen MR) is 344 cm³/mol. The van der Waals surface area contributed by atoms with Crippen LogP contribution in [0.3, 0.4) is 0 Å². The summed E-state index contributed by atoms with van der Waals surface area (Å²) in [6.07, 6.45) is 9.68. The Balaban J connectivity index is 1.20. The molecule has 86 heavy (non-hydrogen) atoms. The van der Waals surface area contributed by atoms with Crippen molar-refractivity contribution in [2.45, 2.75) is 132 Å². The second-order valence-corrected chi connectivity index (χ2v) is 23.6. The van der Waals surface area contributed by atoms with Crippen LogP contribution in [0.1, 0.15) is 154 Å². The first-order valence-electron chi connectivity index (χ1n) is 30.2. The Morgan fingerprint density at radius 3 is 1.09 bits per heavy atom. The van der Waals surface area contributed by atoms with Crippen LogP contribution in [0, 0.1) is 41.5 Å². The Kier molecular flexibility index (Phi) is 16.9. The van der Waals surface area contributed by atoms with Gasteiger partial charge < -0.3 is 9.97 Å². The number of hydrogen-bond acceptors (Lipinski definition) is 2. The van der Waals surface area contributed by atoms with Gasteiger partial charge in [-0.1, -0.05) is 161 Å². The lowest BCUT2D eigenvalue weighted by molar-refractivity contribution is -0.138. The van der Waals surface area contributed by atoms with Crippen LogP contribution in [-0.2, 0) is 25.2 Å². The Bertz CT molecular complexity index is 3910. The highest BCUT2D eigenvalue weighted by atomic mass is 19.4. The molecule has 4 heterocycles. The van der Waals surface area contributed by atoms with Gasteiger partial charge in [0, 0.05) is 55.2 Å². The van der Waals surface area contributed by atoms with Crippen molar-refractivity contribution in [1.82, 2.24) is 9.97 Å². The van der Waals surface area contributed by atoms with Crippen LogP contribution in [-0.4, -0.2) is 21.4 Å². The highest BCUT2D eigenvalue weighted by Crippen LogP contribution is 2.47. The third-order valence-electron chi connectivity index (χ3n) is 17.0. The number of allylic oxidation sites excluding steroid dienone is 4. The van der Waals surface area contributed by atoms with Gasteiger partial charge in [-0.15, -0.1) is 0 Å². The van der Waals surface area contributed by atoms with Crippen LogP contribution in [0.25, 0.3) is 55.2 Å². The molecule has 0 aliphatic carbocycles. The van der Waals surface area contributed by atoms with E-state index in [1.807, 2.05) is 24.3 Å². The predicted octanol–water partition coefficient (Wildman–Crippen LogP) is 21.8. The molecule has 2 aliphatic rings. The molecule has 0 spiro atoms. The minimum atomic E-state index is -4.55. The van der Waals surface area contributed by atoms with Crippen molar-refractivity contribution in [2.24, 2.45) is 9.98 Å². The summed E-state index contributed by atoms with van der Waals surface area (Å²) in [5, 5.41) is 1.72. The van der Waals surface area contributed by atoms with Gasteiger partial charge in [-0.25, -0.2) is 9.98 Å². The van der Waals surface area contributed by atoms with Crippen molar-refractivity contribution in [3.63, 3.8) is 0 Å². The van der Waals surface area contributed by atoms with Crippen molar-refractivity contribution < 1.29 is 26.3 Å². The highest BCUT2D eigenvalue weighted by Gasteiger charge is 2.33. The lowest BCUT2D eigenvalue weighted by atomic mass is 9.90. The number of alkyl halides is 6. The second-order valence-electron chi connectivity index (χ2n) is 23.6. The number of aromatic amines is 2. The number of hydrogen-bond donors (Lipinski definition) is 2. The first kappa shape index (κ1) is 59.2. The van der Waals surface area contributed by atoms with Crippen LogP contribution >= 0.6 is 0 Å². The van der Waals surface area contributed by atoms with E-state index in [1.54, 1.807) is 0 Å². The molecule has 0 fully saturated rings. The zero-order valence-corrected chi connectivity index (χ0v) is 50.2. The zero-order valence-electron chi connectivity index (χ0n) is 50.2. The minimum Gasteiger partial charge on any atom is -0.354 e.